The summed E-state index contributed by atoms with van der Waals surface area (Å²) in [5, 5.41) is 3.25. The van der Waals surface area contributed by atoms with Crippen molar-refractivity contribution in [1.82, 2.24) is 4.90 Å². The maximum absolute atomic E-state index is 12.3. The van der Waals surface area contributed by atoms with E-state index in [0.29, 0.717) is 15.7 Å². The number of nitrogens with one attached hydrogen (secondary N) is 1. The summed E-state index contributed by atoms with van der Waals surface area (Å²) in [6.07, 6.45) is -4.19. The van der Waals surface area contributed by atoms with Crippen LogP contribution in [-0.4, -0.2) is 36.6 Å². The Bertz CT molecular complexity index is 516. The lowest BCUT2D eigenvalue weighted by Crippen LogP contribution is -2.55. The van der Waals surface area contributed by atoms with Crippen LogP contribution in [0.3, 0.4) is 0 Å². The molecule has 0 bridgehead atoms. The molecule has 3 nitrogen and oxygen atoms in total. The Labute approximate surface area is 123 Å². The molecule has 0 spiro atoms. The van der Waals surface area contributed by atoms with Gasteiger partial charge in [-0.3, -0.25) is 9.69 Å². The Morgan fingerprint density at radius 3 is 2.60 bits per heavy atom. The van der Waals surface area contributed by atoms with Crippen LogP contribution in [0.15, 0.2) is 18.2 Å². The molecule has 1 aromatic rings. The Morgan fingerprint density at radius 2 is 2.00 bits per heavy atom. The van der Waals surface area contributed by atoms with Crippen LogP contribution >= 0.6 is 23.2 Å². The molecule has 0 unspecified atom stereocenters. The summed E-state index contributed by atoms with van der Waals surface area (Å²) in [5.74, 6) is -1.76. The van der Waals surface area contributed by atoms with E-state index in [1.807, 2.05) is 0 Å². The largest absolute Gasteiger partial charge is 0.394 e. The molecule has 1 saturated heterocycles. The number of amides is 1. The highest BCUT2D eigenvalue weighted by Crippen LogP contribution is 2.33. The zero-order valence-electron chi connectivity index (χ0n) is 10.2. The lowest BCUT2D eigenvalue weighted by Gasteiger charge is -2.39. The minimum atomic E-state index is -4.19. The van der Waals surface area contributed by atoms with Gasteiger partial charge in [-0.05, 0) is 18.2 Å². The minimum Gasteiger partial charge on any atom is -0.324 e. The molecule has 0 aromatic heterocycles. The van der Waals surface area contributed by atoms with Crippen molar-refractivity contribution in [3.63, 3.8) is 0 Å². The first-order valence-electron chi connectivity index (χ1n) is 5.79. The summed E-state index contributed by atoms with van der Waals surface area (Å²) in [5.41, 5.74) is 0.345. The number of likely N-dealkylation sites (tertiary alicyclic amines) is 1. The highest BCUT2D eigenvalue weighted by molar-refractivity contribution is 6.35. The van der Waals surface area contributed by atoms with Gasteiger partial charge in [0.1, 0.15) is 0 Å². The number of hydrogen-bond donors (Lipinski definition) is 1. The van der Waals surface area contributed by atoms with Crippen LogP contribution in [-0.2, 0) is 4.79 Å². The van der Waals surface area contributed by atoms with E-state index in [-0.39, 0.29) is 19.6 Å². The third-order valence-electron chi connectivity index (χ3n) is 2.99. The zero-order chi connectivity index (χ0) is 14.9. The molecule has 8 heteroatoms. The molecule has 1 heterocycles. The molecular formula is C12H11Cl2F3N2O. The SMILES string of the molecule is O=C(CN1CC(C(F)(F)F)C1)Nc1cc(Cl)ccc1Cl. The Morgan fingerprint density at radius 1 is 1.35 bits per heavy atom. The molecule has 2 rings (SSSR count). The van der Waals surface area contributed by atoms with Gasteiger partial charge in [0, 0.05) is 18.1 Å². The second-order valence-corrected chi connectivity index (χ2v) is 5.45. The van der Waals surface area contributed by atoms with Gasteiger partial charge in [-0.15, -0.1) is 0 Å². The summed E-state index contributed by atoms with van der Waals surface area (Å²) >= 11 is 11.6. The monoisotopic (exact) mass is 326 g/mol. The number of nitrogens with zero attached hydrogens (tertiary/aromatic N) is 1. The van der Waals surface area contributed by atoms with Gasteiger partial charge in [0.05, 0.1) is 23.2 Å². The van der Waals surface area contributed by atoms with Crippen LogP contribution < -0.4 is 5.32 Å². The fourth-order valence-corrected chi connectivity index (χ4v) is 2.23. The van der Waals surface area contributed by atoms with E-state index in [1.54, 1.807) is 6.07 Å². The molecule has 1 amide bonds. The normalized spacial score (nSPS) is 16.9. The van der Waals surface area contributed by atoms with Crippen LogP contribution in [0.4, 0.5) is 18.9 Å². The number of carbonyl (C=O) groups excluding carboxylic acids is 1. The van der Waals surface area contributed by atoms with Gasteiger partial charge in [0.15, 0.2) is 0 Å². The number of carbonyl (C=O) groups is 1. The van der Waals surface area contributed by atoms with Crippen LogP contribution in [0.2, 0.25) is 10.0 Å². The molecule has 1 aromatic carbocycles. The molecular weight excluding hydrogens is 316 g/mol. The van der Waals surface area contributed by atoms with Gasteiger partial charge in [-0.2, -0.15) is 13.2 Å². The average Bonchev–Trinajstić information content (AvgIpc) is 2.26. The van der Waals surface area contributed by atoms with E-state index in [1.165, 1.54) is 17.0 Å². The molecule has 110 valence electrons. The predicted octanol–water partition coefficient (Wildman–Crippen LogP) is 3.43. The Kier molecular flexibility index (Phi) is 4.46. The third-order valence-corrected chi connectivity index (χ3v) is 3.55. The number of hydrogen-bond acceptors (Lipinski definition) is 2. The van der Waals surface area contributed by atoms with Crippen molar-refractivity contribution in [2.75, 3.05) is 25.0 Å². The minimum absolute atomic E-state index is 0.102. The summed E-state index contributed by atoms with van der Waals surface area (Å²) in [6, 6.07) is 4.59. The maximum atomic E-state index is 12.3. The number of halogens is 5. The van der Waals surface area contributed by atoms with Crippen molar-refractivity contribution in [3.05, 3.63) is 28.2 Å². The fourth-order valence-electron chi connectivity index (χ4n) is 1.89. The van der Waals surface area contributed by atoms with Crippen molar-refractivity contribution < 1.29 is 18.0 Å². The summed E-state index contributed by atoms with van der Waals surface area (Å²) in [7, 11) is 0. The number of benzene rings is 1. The van der Waals surface area contributed by atoms with Crippen LogP contribution in [0, 0.1) is 5.92 Å². The molecule has 1 fully saturated rings. The van der Waals surface area contributed by atoms with Crippen molar-refractivity contribution in [3.8, 4) is 0 Å². The van der Waals surface area contributed by atoms with E-state index >= 15 is 0 Å². The molecule has 1 aliphatic rings. The van der Waals surface area contributed by atoms with E-state index in [0.717, 1.165) is 0 Å². The zero-order valence-corrected chi connectivity index (χ0v) is 11.7. The standard InChI is InChI=1S/C12H11Cl2F3N2O/c13-8-1-2-9(14)10(3-8)18-11(20)6-19-4-7(5-19)12(15,16)17/h1-3,7H,4-6H2,(H,18,20). The molecule has 0 atom stereocenters. The summed E-state index contributed by atoms with van der Waals surface area (Å²) < 4.78 is 36.9. The highest BCUT2D eigenvalue weighted by Gasteiger charge is 2.47. The van der Waals surface area contributed by atoms with Gasteiger partial charge in [0.2, 0.25) is 5.91 Å². The molecule has 1 N–H and O–H groups in total. The summed E-state index contributed by atoms with van der Waals surface area (Å²) in [4.78, 5) is 13.1. The van der Waals surface area contributed by atoms with E-state index in [9.17, 15) is 18.0 Å². The number of anilines is 1. The van der Waals surface area contributed by atoms with Crippen molar-refractivity contribution >= 4 is 34.8 Å². The van der Waals surface area contributed by atoms with E-state index in [2.05, 4.69) is 5.32 Å². The van der Waals surface area contributed by atoms with Crippen LogP contribution in [0.1, 0.15) is 0 Å². The lowest BCUT2D eigenvalue weighted by molar-refractivity contribution is -0.208. The second-order valence-electron chi connectivity index (χ2n) is 4.60. The third kappa shape index (κ3) is 3.77. The molecule has 0 radical (unpaired) electrons. The highest BCUT2D eigenvalue weighted by atomic mass is 35.5. The molecule has 0 saturated carbocycles. The van der Waals surface area contributed by atoms with E-state index in [4.69, 9.17) is 23.2 Å². The molecule has 1 aliphatic heterocycles. The van der Waals surface area contributed by atoms with Crippen molar-refractivity contribution in [1.29, 1.82) is 0 Å². The quantitative estimate of drug-likeness (QED) is 0.923. The number of alkyl halides is 3. The first-order valence-corrected chi connectivity index (χ1v) is 6.55. The summed E-state index contributed by atoms with van der Waals surface area (Å²) in [6.45, 7) is -0.407. The van der Waals surface area contributed by atoms with Crippen LogP contribution in [0.25, 0.3) is 0 Å². The first kappa shape index (κ1) is 15.4. The predicted molar refractivity (Wildman–Crippen MR) is 71.1 cm³/mol. The first-order chi connectivity index (χ1) is 9.25. The van der Waals surface area contributed by atoms with Crippen LogP contribution in [0.5, 0.6) is 0 Å². The van der Waals surface area contributed by atoms with Gasteiger partial charge >= 0.3 is 6.18 Å². The fraction of sp³-hybridized carbons (Fsp3) is 0.417. The Hall–Kier alpha value is -0.980. The van der Waals surface area contributed by atoms with Gasteiger partial charge < -0.3 is 5.32 Å². The van der Waals surface area contributed by atoms with Crippen molar-refractivity contribution in [2.45, 2.75) is 6.18 Å². The second kappa shape index (κ2) is 5.79. The van der Waals surface area contributed by atoms with Crippen molar-refractivity contribution in [2.24, 2.45) is 5.92 Å². The van der Waals surface area contributed by atoms with Gasteiger partial charge in [0.25, 0.3) is 0 Å². The number of rotatable bonds is 3. The Balaban J connectivity index is 1.84. The lowest BCUT2D eigenvalue weighted by atomic mass is 10.00. The average molecular weight is 327 g/mol. The maximum Gasteiger partial charge on any atom is 0.394 e. The van der Waals surface area contributed by atoms with Gasteiger partial charge in [-0.1, -0.05) is 23.2 Å². The van der Waals surface area contributed by atoms with E-state index < -0.39 is 18.0 Å². The molecule has 0 aliphatic carbocycles. The smallest absolute Gasteiger partial charge is 0.324 e. The molecule has 20 heavy (non-hydrogen) atoms. The van der Waals surface area contributed by atoms with Gasteiger partial charge in [-0.25, -0.2) is 0 Å². The topological polar surface area (TPSA) is 32.3 Å².